The van der Waals surface area contributed by atoms with Crippen LogP contribution >= 0.6 is 0 Å². The van der Waals surface area contributed by atoms with Crippen LogP contribution in [0.3, 0.4) is 0 Å². The summed E-state index contributed by atoms with van der Waals surface area (Å²) in [4.78, 5) is 56.6. The molecule has 0 aromatic carbocycles. The first-order valence-electron chi connectivity index (χ1n) is 28.4. The van der Waals surface area contributed by atoms with Gasteiger partial charge < -0.3 is 24.0 Å². The highest BCUT2D eigenvalue weighted by Gasteiger charge is 2.23. The van der Waals surface area contributed by atoms with Crippen LogP contribution in [0.2, 0.25) is 0 Å². The van der Waals surface area contributed by atoms with E-state index in [1.54, 1.807) is 0 Å². The minimum Gasteiger partial charge on any atom is -0.465 e. The van der Waals surface area contributed by atoms with Crippen LogP contribution in [-0.4, -0.2) is 86.2 Å². The summed E-state index contributed by atoms with van der Waals surface area (Å²) in [6, 6.07) is 0. The standard InChI is InChI=1S/C57H106N2O7/c1-5-9-13-16-17-18-19-20-21-22-23-24-25-27-32-41-56(62)65-50-53(48-59(47-37-46-58-44-35-36-45-58)54(60)40-31-26-14-10-6-2)51-66-57(63)43-34-29-28-33-42-55(61)64-49-52(38-12-8-4)39-30-15-11-7-3/h20-21,52-53H,5-19,22-51H2,1-4H3/b21-20-. The topological polar surface area (TPSA) is 102 Å². The van der Waals surface area contributed by atoms with Gasteiger partial charge in [0.05, 0.1) is 19.8 Å². The van der Waals surface area contributed by atoms with Crippen LogP contribution in [0.5, 0.6) is 0 Å². The Balaban J connectivity index is 2.60. The molecule has 1 aliphatic rings. The average Bonchev–Trinajstić information content (AvgIpc) is 3.84. The molecule has 1 saturated heterocycles. The lowest BCUT2D eigenvalue weighted by molar-refractivity contribution is -0.150. The second-order valence-corrected chi connectivity index (χ2v) is 19.9. The quantitative estimate of drug-likeness (QED) is 0.0257. The number of hydrogen-bond donors (Lipinski definition) is 0. The lowest BCUT2D eigenvalue weighted by Crippen LogP contribution is -2.40. The van der Waals surface area contributed by atoms with Gasteiger partial charge in [-0.25, -0.2) is 0 Å². The number of carbonyl (C=O) groups excluding carboxylic acids is 4. The van der Waals surface area contributed by atoms with Crippen molar-refractivity contribution >= 4 is 23.8 Å². The van der Waals surface area contributed by atoms with E-state index in [9.17, 15) is 19.2 Å². The highest BCUT2D eigenvalue weighted by Crippen LogP contribution is 2.19. The van der Waals surface area contributed by atoms with E-state index < -0.39 is 0 Å². The predicted molar refractivity (Wildman–Crippen MR) is 276 cm³/mol. The summed E-state index contributed by atoms with van der Waals surface area (Å²) in [7, 11) is 0. The van der Waals surface area contributed by atoms with Crippen molar-refractivity contribution in [1.29, 1.82) is 0 Å². The maximum Gasteiger partial charge on any atom is 0.305 e. The van der Waals surface area contributed by atoms with Crippen LogP contribution in [-0.2, 0) is 33.4 Å². The second kappa shape index (κ2) is 46.3. The van der Waals surface area contributed by atoms with E-state index >= 15 is 0 Å². The number of amides is 1. The molecule has 1 fully saturated rings. The predicted octanol–water partition coefficient (Wildman–Crippen LogP) is 15.1. The second-order valence-electron chi connectivity index (χ2n) is 19.9. The van der Waals surface area contributed by atoms with Gasteiger partial charge in [0, 0.05) is 44.7 Å². The van der Waals surface area contributed by atoms with Crippen molar-refractivity contribution in [2.75, 3.05) is 52.5 Å². The third kappa shape index (κ3) is 38.5. The summed E-state index contributed by atoms with van der Waals surface area (Å²) in [6.45, 7) is 14.0. The van der Waals surface area contributed by atoms with Gasteiger partial charge in [0.1, 0.15) is 0 Å². The molecule has 0 N–H and O–H groups in total. The number of ether oxygens (including phenoxy) is 3. The summed E-state index contributed by atoms with van der Waals surface area (Å²) >= 11 is 0. The maximum absolute atomic E-state index is 13.7. The number of rotatable bonds is 48. The van der Waals surface area contributed by atoms with Crippen molar-refractivity contribution in [3.05, 3.63) is 12.2 Å². The van der Waals surface area contributed by atoms with Gasteiger partial charge in [0.25, 0.3) is 0 Å². The first-order valence-corrected chi connectivity index (χ1v) is 28.4. The zero-order chi connectivity index (χ0) is 48.0. The monoisotopic (exact) mass is 931 g/mol. The van der Waals surface area contributed by atoms with Gasteiger partial charge in [-0.3, -0.25) is 19.2 Å². The molecule has 0 aromatic heterocycles. The molecule has 1 aliphatic heterocycles. The Morgan fingerprint density at radius 3 is 1.33 bits per heavy atom. The van der Waals surface area contributed by atoms with E-state index in [1.165, 1.54) is 122 Å². The minimum atomic E-state index is -0.285. The van der Waals surface area contributed by atoms with Gasteiger partial charge in [-0.1, -0.05) is 168 Å². The molecule has 1 amide bonds. The molecular weight excluding hydrogens is 825 g/mol. The molecule has 386 valence electrons. The van der Waals surface area contributed by atoms with E-state index in [0.29, 0.717) is 57.7 Å². The maximum atomic E-state index is 13.7. The van der Waals surface area contributed by atoms with Gasteiger partial charge in [0.15, 0.2) is 0 Å². The zero-order valence-corrected chi connectivity index (χ0v) is 43.9. The molecular formula is C57H106N2O7. The largest absolute Gasteiger partial charge is 0.465 e. The van der Waals surface area contributed by atoms with Crippen molar-refractivity contribution in [2.24, 2.45) is 11.8 Å². The number of esters is 3. The van der Waals surface area contributed by atoms with E-state index in [1.807, 2.05) is 4.90 Å². The molecule has 9 heteroatoms. The van der Waals surface area contributed by atoms with Crippen molar-refractivity contribution in [3.8, 4) is 0 Å². The number of hydrogen-bond acceptors (Lipinski definition) is 8. The van der Waals surface area contributed by atoms with Crippen molar-refractivity contribution < 1.29 is 33.4 Å². The molecule has 1 heterocycles. The summed E-state index contributed by atoms with van der Waals surface area (Å²) in [5.41, 5.74) is 0. The van der Waals surface area contributed by atoms with Crippen LogP contribution < -0.4 is 0 Å². The summed E-state index contributed by atoms with van der Waals surface area (Å²) < 4.78 is 17.4. The zero-order valence-electron chi connectivity index (χ0n) is 43.9. The van der Waals surface area contributed by atoms with Crippen LogP contribution in [0.15, 0.2) is 12.2 Å². The Kier molecular flexibility index (Phi) is 43.2. The molecule has 0 bridgehead atoms. The van der Waals surface area contributed by atoms with E-state index in [0.717, 1.165) is 103 Å². The number of likely N-dealkylation sites (tertiary alicyclic amines) is 1. The normalized spacial score (nSPS) is 13.9. The SMILES string of the molecule is CCCCCCCC/C=C\CCCCCCCC(=O)OCC(COC(=O)CCCCCCC(=O)OCC(CCCC)CCCCCC)CN(CCCN1CCCC1)C(=O)CCCCCCC. The molecule has 0 saturated carbocycles. The third-order valence-electron chi connectivity index (χ3n) is 13.5. The molecule has 9 nitrogen and oxygen atoms in total. The summed E-state index contributed by atoms with van der Waals surface area (Å²) in [6.07, 6.45) is 43.6. The van der Waals surface area contributed by atoms with Gasteiger partial charge in [-0.05, 0) is 109 Å². The fraction of sp³-hybridized carbons (Fsp3) is 0.895. The fourth-order valence-electron chi connectivity index (χ4n) is 9.06. The summed E-state index contributed by atoms with van der Waals surface area (Å²) in [5, 5.41) is 0. The van der Waals surface area contributed by atoms with Crippen molar-refractivity contribution in [1.82, 2.24) is 9.80 Å². The van der Waals surface area contributed by atoms with Crippen molar-refractivity contribution in [2.45, 2.75) is 265 Å². The van der Waals surface area contributed by atoms with Crippen LogP contribution in [0, 0.1) is 11.8 Å². The lowest BCUT2D eigenvalue weighted by Gasteiger charge is -2.28. The summed E-state index contributed by atoms with van der Waals surface area (Å²) in [5.74, 6) is -0.260. The van der Waals surface area contributed by atoms with Gasteiger partial charge in [-0.15, -0.1) is 0 Å². The minimum absolute atomic E-state index is 0.107. The van der Waals surface area contributed by atoms with E-state index in [4.69, 9.17) is 14.2 Å². The van der Waals surface area contributed by atoms with Gasteiger partial charge in [0.2, 0.25) is 5.91 Å². The van der Waals surface area contributed by atoms with Crippen LogP contribution in [0.4, 0.5) is 0 Å². The fourth-order valence-corrected chi connectivity index (χ4v) is 9.06. The van der Waals surface area contributed by atoms with E-state index in [2.05, 4.69) is 44.7 Å². The van der Waals surface area contributed by atoms with Gasteiger partial charge >= 0.3 is 17.9 Å². The molecule has 2 atom stereocenters. The Hall–Kier alpha value is -2.42. The molecule has 0 spiro atoms. The molecule has 0 aromatic rings. The van der Waals surface area contributed by atoms with Crippen LogP contribution in [0.1, 0.15) is 265 Å². The molecule has 66 heavy (non-hydrogen) atoms. The third-order valence-corrected chi connectivity index (χ3v) is 13.5. The highest BCUT2D eigenvalue weighted by molar-refractivity contribution is 5.76. The lowest BCUT2D eigenvalue weighted by atomic mass is 9.96. The van der Waals surface area contributed by atoms with Crippen LogP contribution in [0.25, 0.3) is 0 Å². The first kappa shape index (κ1) is 61.6. The van der Waals surface area contributed by atoms with Gasteiger partial charge in [-0.2, -0.15) is 0 Å². The Bertz CT molecular complexity index is 1170. The molecule has 2 unspecified atom stereocenters. The first-order chi connectivity index (χ1) is 32.3. The molecule has 0 aliphatic carbocycles. The Labute approximate surface area is 407 Å². The number of carbonyl (C=O) groups is 4. The number of allylic oxidation sites excluding steroid dienone is 2. The highest BCUT2D eigenvalue weighted by atomic mass is 16.5. The Morgan fingerprint density at radius 1 is 0.455 bits per heavy atom. The Morgan fingerprint density at radius 2 is 0.848 bits per heavy atom. The molecule has 1 rings (SSSR count). The number of unbranched alkanes of at least 4 members (excludes halogenated alkanes) is 22. The van der Waals surface area contributed by atoms with E-state index in [-0.39, 0.29) is 42.9 Å². The average molecular weight is 931 g/mol. The smallest absolute Gasteiger partial charge is 0.305 e. The molecule has 0 radical (unpaired) electrons. The number of nitrogens with zero attached hydrogens (tertiary/aromatic N) is 2. The van der Waals surface area contributed by atoms with Crippen molar-refractivity contribution in [3.63, 3.8) is 0 Å².